The average Bonchev–Trinajstić information content (AvgIpc) is 3.21. The summed E-state index contributed by atoms with van der Waals surface area (Å²) in [5.41, 5.74) is 3.58. The molecule has 0 saturated carbocycles. The van der Waals surface area contributed by atoms with E-state index in [1.807, 2.05) is 77.1 Å². The zero-order valence-electron chi connectivity index (χ0n) is 16.1. The number of anilines is 1. The van der Waals surface area contributed by atoms with Crippen molar-refractivity contribution >= 4 is 22.9 Å². The molecule has 1 aliphatic heterocycles. The lowest BCUT2D eigenvalue weighted by atomic mass is 10.2. The van der Waals surface area contributed by atoms with E-state index in [9.17, 15) is 10.2 Å². The highest BCUT2D eigenvalue weighted by atomic mass is 35.5. The Balaban J connectivity index is 0.00000240. The number of nitrogens with zero attached hydrogens (tertiary/aromatic N) is 2. The molecule has 2 heterocycles. The van der Waals surface area contributed by atoms with Crippen LogP contribution in [0.15, 0.2) is 70.5 Å². The Hall–Kier alpha value is -2.80. The average molecular weight is 415 g/mol. The van der Waals surface area contributed by atoms with Gasteiger partial charge in [-0.15, -0.1) is 0 Å². The highest BCUT2D eigenvalue weighted by Crippen LogP contribution is 2.38. The minimum absolute atomic E-state index is 0. The summed E-state index contributed by atoms with van der Waals surface area (Å²) in [6, 6.07) is 15.5. The maximum absolute atomic E-state index is 9.43. The Morgan fingerprint density at radius 3 is 2.62 bits per heavy atom. The van der Waals surface area contributed by atoms with Gasteiger partial charge in [0.1, 0.15) is 6.61 Å². The summed E-state index contributed by atoms with van der Waals surface area (Å²) in [6.45, 7) is 2.92. The van der Waals surface area contributed by atoms with Crippen LogP contribution in [-0.2, 0) is 6.54 Å². The molecule has 0 radical (unpaired) electrons. The summed E-state index contributed by atoms with van der Waals surface area (Å²) < 4.78 is 13.9. The number of aliphatic hydroxyl groups is 2. The van der Waals surface area contributed by atoms with Crippen molar-refractivity contribution in [2.75, 3.05) is 24.7 Å². The Bertz CT molecular complexity index is 1060. The van der Waals surface area contributed by atoms with Gasteiger partial charge in [0.05, 0.1) is 18.4 Å². The van der Waals surface area contributed by atoms with Crippen molar-refractivity contribution in [1.82, 2.24) is 0 Å². The third-order valence-corrected chi connectivity index (χ3v) is 4.62. The van der Waals surface area contributed by atoms with Crippen LogP contribution in [0.5, 0.6) is 5.75 Å². The van der Waals surface area contributed by atoms with Crippen LogP contribution in [0.3, 0.4) is 0 Å². The number of benzene rings is 2. The first kappa shape index (κ1) is 20.9. The van der Waals surface area contributed by atoms with Crippen LogP contribution in [0.25, 0.3) is 17.2 Å². The van der Waals surface area contributed by atoms with Gasteiger partial charge in [-0.05, 0) is 30.7 Å². The fourth-order valence-corrected chi connectivity index (χ4v) is 3.41. The largest absolute Gasteiger partial charge is 1.00 e. The smallest absolute Gasteiger partial charge is 0.374 e. The molecule has 0 bridgehead atoms. The maximum Gasteiger partial charge on any atom is 0.374 e. The van der Waals surface area contributed by atoms with Crippen LogP contribution in [0.4, 0.5) is 5.69 Å². The van der Waals surface area contributed by atoms with Crippen molar-refractivity contribution in [2.45, 2.75) is 13.5 Å². The molecular formula is C22H23ClN2O4. The zero-order chi connectivity index (χ0) is 19.5. The number of oxazole rings is 1. The molecule has 2 N–H and O–H groups in total. The van der Waals surface area contributed by atoms with Gasteiger partial charge in [0.15, 0.2) is 12.3 Å². The molecule has 3 aromatic rings. The molecule has 2 aromatic carbocycles. The predicted octanol–water partition coefficient (Wildman–Crippen LogP) is -0.147. The molecular weight excluding hydrogens is 392 g/mol. The second-order valence-corrected chi connectivity index (χ2v) is 6.60. The molecule has 29 heavy (non-hydrogen) atoms. The van der Waals surface area contributed by atoms with Gasteiger partial charge in [0, 0.05) is 18.7 Å². The molecule has 0 fully saturated rings. The molecule has 7 heteroatoms. The maximum atomic E-state index is 9.43. The molecule has 1 aromatic heterocycles. The second kappa shape index (κ2) is 9.13. The molecule has 1 aliphatic rings. The van der Waals surface area contributed by atoms with Crippen molar-refractivity contribution < 1.29 is 36.3 Å². The minimum atomic E-state index is 0. The third kappa shape index (κ3) is 4.15. The minimum Gasteiger partial charge on any atom is -1.00 e. The van der Waals surface area contributed by atoms with Crippen LogP contribution in [0.2, 0.25) is 0 Å². The molecule has 4 rings (SSSR count). The van der Waals surface area contributed by atoms with Crippen molar-refractivity contribution in [2.24, 2.45) is 0 Å². The lowest BCUT2D eigenvalue weighted by Crippen LogP contribution is -3.00. The number of hydrogen-bond acceptors (Lipinski definition) is 5. The van der Waals surface area contributed by atoms with Gasteiger partial charge in [-0.1, -0.05) is 24.3 Å². The second-order valence-electron chi connectivity index (χ2n) is 6.60. The van der Waals surface area contributed by atoms with Gasteiger partial charge in [-0.25, -0.2) is 0 Å². The quantitative estimate of drug-likeness (QED) is 0.549. The Morgan fingerprint density at radius 2 is 1.83 bits per heavy atom. The van der Waals surface area contributed by atoms with E-state index >= 15 is 0 Å². The SMILES string of the molecule is CC(/C=C1\Oc2ccccc2N1CCO)=C\c1oc2ccccc2[n+]1CCO.[Cl-]. The van der Waals surface area contributed by atoms with Crippen LogP contribution in [0.1, 0.15) is 12.8 Å². The number of allylic oxidation sites excluding steroid dienone is 2. The number of fused-ring (bicyclic) bond motifs is 2. The molecule has 0 spiro atoms. The number of rotatable bonds is 6. The molecule has 0 unspecified atom stereocenters. The fraction of sp³-hybridized carbons (Fsp3) is 0.227. The number of hydrogen-bond donors (Lipinski definition) is 2. The number of halogens is 1. The lowest BCUT2D eigenvalue weighted by Gasteiger charge is -2.16. The van der Waals surface area contributed by atoms with E-state index in [0.29, 0.717) is 24.9 Å². The summed E-state index contributed by atoms with van der Waals surface area (Å²) in [5, 5.41) is 18.9. The van der Waals surface area contributed by atoms with E-state index in [0.717, 1.165) is 28.1 Å². The van der Waals surface area contributed by atoms with E-state index in [2.05, 4.69) is 0 Å². The number of para-hydroxylation sites is 4. The highest BCUT2D eigenvalue weighted by molar-refractivity contribution is 5.70. The van der Waals surface area contributed by atoms with Gasteiger partial charge in [0.25, 0.3) is 5.52 Å². The Kier molecular flexibility index (Phi) is 6.59. The molecule has 0 saturated heterocycles. The van der Waals surface area contributed by atoms with Crippen molar-refractivity contribution in [1.29, 1.82) is 0 Å². The van der Waals surface area contributed by atoms with Gasteiger partial charge in [-0.3, -0.25) is 0 Å². The van der Waals surface area contributed by atoms with E-state index in [1.54, 1.807) is 0 Å². The van der Waals surface area contributed by atoms with Crippen LogP contribution in [-0.4, -0.2) is 30.0 Å². The Labute approximate surface area is 175 Å². The Morgan fingerprint density at radius 1 is 1.07 bits per heavy atom. The van der Waals surface area contributed by atoms with Crippen LogP contribution in [0, 0.1) is 0 Å². The summed E-state index contributed by atoms with van der Waals surface area (Å²) in [4.78, 5) is 1.95. The number of aromatic nitrogens is 1. The predicted molar refractivity (Wildman–Crippen MR) is 107 cm³/mol. The van der Waals surface area contributed by atoms with Gasteiger partial charge in [0.2, 0.25) is 11.5 Å². The summed E-state index contributed by atoms with van der Waals surface area (Å²) in [5.74, 6) is 2.09. The van der Waals surface area contributed by atoms with E-state index in [1.165, 1.54) is 0 Å². The highest BCUT2D eigenvalue weighted by Gasteiger charge is 2.26. The summed E-state index contributed by atoms with van der Waals surface area (Å²) >= 11 is 0. The van der Waals surface area contributed by atoms with Crippen LogP contribution >= 0.6 is 0 Å². The number of ether oxygens (including phenoxy) is 1. The van der Waals surface area contributed by atoms with E-state index in [4.69, 9.17) is 9.15 Å². The molecule has 0 atom stereocenters. The van der Waals surface area contributed by atoms with Gasteiger partial charge >= 0.3 is 5.89 Å². The number of β-amino-alcohol motifs (C(OH)–C–C–N with tert-alkyl or cyclic N) is 1. The van der Waals surface area contributed by atoms with Gasteiger partial charge in [-0.2, -0.15) is 4.57 Å². The number of aliphatic hydroxyl groups excluding tert-OH is 2. The first-order chi connectivity index (χ1) is 13.7. The normalized spacial score (nSPS) is 14.8. The van der Waals surface area contributed by atoms with E-state index in [-0.39, 0.29) is 25.6 Å². The van der Waals surface area contributed by atoms with E-state index < -0.39 is 0 Å². The zero-order valence-corrected chi connectivity index (χ0v) is 16.8. The fourth-order valence-electron chi connectivity index (χ4n) is 3.41. The summed E-state index contributed by atoms with van der Waals surface area (Å²) in [7, 11) is 0. The lowest BCUT2D eigenvalue weighted by molar-refractivity contribution is -0.679. The third-order valence-electron chi connectivity index (χ3n) is 4.62. The molecule has 6 nitrogen and oxygen atoms in total. The first-order valence-electron chi connectivity index (χ1n) is 9.29. The van der Waals surface area contributed by atoms with Crippen molar-refractivity contribution in [3.8, 4) is 5.75 Å². The summed E-state index contributed by atoms with van der Waals surface area (Å²) in [6.07, 6.45) is 3.85. The molecule has 152 valence electrons. The van der Waals surface area contributed by atoms with Crippen molar-refractivity contribution in [3.63, 3.8) is 0 Å². The van der Waals surface area contributed by atoms with Crippen molar-refractivity contribution in [3.05, 3.63) is 72.0 Å². The first-order valence-corrected chi connectivity index (χ1v) is 9.29. The topological polar surface area (TPSA) is 70.0 Å². The monoisotopic (exact) mass is 414 g/mol. The standard InChI is InChI=1S/C22H23N2O4.ClH/c1-16(14-21-23(10-12-25)17-6-2-4-8-19(17)27-21)15-22-24(11-13-26)18-7-3-5-9-20(18)28-22;/h2-9,14-15,25-26H,10-13H2,1H3;1H/q+1;/p-1. The molecule has 0 amide bonds. The van der Waals surface area contributed by atoms with Gasteiger partial charge < -0.3 is 36.7 Å². The van der Waals surface area contributed by atoms with Crippen LogP contribution < -0.4 is 26.6 Å². The molecule has 0 aliphatic carbocycles.